The molecule has 0 aliphatic heterocycles. The number of nitrogens with two attached hydrogens (primary N) is 1. The van der Waals surface area contributed by atoms with E-state index in [0.29, 0.717) is 0 Å². The number of carbonyl (C=O) groups excluding carboxylic acids is 1. The first-order chi connectivity index (χ1) is 7.61. The maximum absolute atomic E-state index is 13.6. The fourth-order valence-electron chi connectivity index (χ4n) is 1.75. The number of hydrogen-bond acceptors (Lipinski definition) is 3. The number of halogens is 1. The molecule has 1 aromatic rings. The normalized spacial score (nSPS) is 15.6. The molecule has 1 amide bonds. The second-order valence-electron chi connectivity index (χ2n) is 4.06. The standard InChI is InChI=1S/C11H14FN3O/c1-15(7-3-2-4-7)11(16)8-5-6-14-10(13)9(8)12/h5-7H,2-4H2,1H3,(H2,13,14). The highest BCUT2D eigenvalue weighted by Gasteiger charge is 2.28. The van der Waals surface area contributed by atoms with Gasteiger partial charge in [0.1, 0.15) is 0 Å². The van der Waals surface area contributed by atoms with Crippen LogP contribution in [0, 0.1) is 5.82 Å². The summed E-state index contributed by atoms with van der Waals surface area (Å²) < 4.78 is 13.6. The summed E-state index contributed by atoms with van der Waals surface area (Å²) >= 11 is 0. The lowest BCUT2D eigenvalue weighted by Gasteiger charge is -2.34. The lowest BCUT2D eigenvalue weighted by molar-refractivity contribution is 0.0647. The molecule has 0 atom stereocenters. The SMILES string of the molecule is CN(C(=O)c1ccnc(N)c1F)C1CCC1. The molecule has 4 nitrogen and oxygen atoms in total. The summed E-state index contributed by atoms with van der Waals surface area (Å²) in [4.78, 5) is 17.1. The number of amides is 1. The molecule has 0 spiro atoms. The lowest BCUT2D eigenvalue weighted by atomic mass is 9.91. The van der Waals surface area contributed by atoms with Crippen molar-refractivity contribution in [3.63, 3.8) is 0 Å². The molecule has 1 aromatic heterocycles. The highest BCUT2D eigenvalue weighted by molar-refractivity contribution is 5.95. The number of nitrogen functional groups attached to an aromatic ring is 1. The molecule has 2 N–H and O–H groups in total. The molecule has 0 radical (unpaired) electrons. The number of anilines is 1. The van der Waals surface area contributed by atoms with Gasteiger partial charge in [0.2, 0.25) is 0 Å². The summed E-state index contributed by atoms with van der Waals surface area (Å²) in [7, 11) is 1.70. The Morgan fingerprint density at radius 1 is 1.62 bits per heavy atom. The van der Waals surface area contributed by atoms with Gasteiger partial charge in [0, 0.05) is 19.3 Å². The third kappa shape index (κ3) is 1.73. The third-order valence-electron chi connectivity index (χ3n) is 3.09. The number of pyridine rings is 1. The zero-order valence-corrected chi connectivity index (χ0v) is 9.11. The van der Waals surface area contributed by atoms with E-state index >= 15 is 0 Å². The molecule has 5 heteroatoms. The van der Waals surface area contributed by atoms with Crippen LogP contribution in [-0.4, -0.2) is 28.9 Å². The van der Waals surface area contributed by atoms with E-state index in [4.69, 9.17) is 5.73 Å². The predicted molar refractivity (Wildman–Crippen MR) is 58.3 cm³/mol. The van der Waals surface area contributed by atoms with Crippen LogP contribution < -0.4 is 5.73 Å². The Bertz CT molecular complexity index is 418. The van der Waals surface area contributed by atoms with E-state index in [2.05, 4.69) is 4.98 Å². The minimum absolute atomic E-state index is 0.00176. The van der Waals surface area contributed by atoms with Gasteiger partial charge in [0.25, 0.3) is 5.91 Å². The zero-order valence-electron chi connectivity index (χ0n) is 9.11. The third-order valence-corrected chi connectivity index (χ3v) is 3.09. The number of carbonyl (C=O) groups is 1. The first-order valence-electron chi connectivity index (χ1n) is 5.28. The van der Waals surface area contributed by atoms with Crippen LogP contribution in [0.2, 0.25) is 0 Å². The Balaban J connectivity index is 2.22. The number of nitrogens with zero attached hydrogens (tertiary/aromatic N) is 2. The molecular weight excluding hydrogens is 209 g/mol. The zero-order chi connectivity index (χ0) is 11.7. The van der Waals surface area contributed by atoms with Crippen LogP contribution >= 0.6 is 0 Å². The maximum Gasteiger partial charge on any atom is 0.257 e. The topological polar surface area (TPSA) is 59.2 Å². The maximum atomic E-state index is 13.6. The van der Waals surface area contributed by atoms with Crippen molar-refractivity contribution in [3.05, 3.63) is 23.6 Å². The average molecular weight is 223 g/mol. The van der Waals surface area contributed by atoms with Crippen LogP contribution in [0.5, 0.6) is 0 Å². The molecule has 0 saturated heterocycles. The fourth-order valence-corrected chi connectivity index (χ4v) is 1.75. The van der Waals surface area contributed by atoms with Gasteiger partial charge in [-0.15, -0.1) is 0 Å². The molecule has 1 heterocycles. The van der Waals surface area contributed by atoms with Crippen molar-refractivity contribution in [2.24, 2.45) is 0 Å². The molecule has 1 aliphatic rings. The average Bonchev–Trinajstić information content (AvgIpc) is 2.18. The summed E-state index contributed by atoms with van der Waals surface area (Å²) in [5.41, 5.74) is 5.33. The Morgan fingerprint density at radius 2 is 2.31 bits per heavy atom. The van der Waals surface area contributed by atoms with E-state index in [1.807, 2.05) is 0 Å². The lowest BCUT2D eigenvalue weighted by Crippen LogP contribution is -2.41. The second kappa shape index (κ2) is 4.08. The monoisotopic (exact) mass is 223 g/mol. The Hall–Kier alpha value is -1.65. The van der Waals surface area contributed by atoms with Crippen molar-refractivity contribution in [1.29, 1.82) is 0 Å². The predicted octanol–water partition coefficient (Wildman–Crippen LogP) is 1.43. The Morgan fingerprint density at radius 3 is 2.88 bits per heavy atom. The van der Waals surface area contributed by atoms with Gasteiger partial charge >= 0.3 is 0 Å². The largest absolute Gasteiger partial charge is 0.381 e. The molecular formula is C11H14FN3O. The van der Waals surface area contributed by atoms with Crippen molar-refractivity contribution in [2.45, 2.75) is 25.3 Å². The van der Waals surface area contributed by atoms with Gasteiger partial charge in [-0.3, -0.25) is 4.79 Å². The van der Waals surface area contributed by atoms with Crippen LogP contribution in [-0.2, 0) is 0 Å². The molecule has 0 bridgehead atoms. The van der Waals surface area contributed by atoms with Gasteiger partial charge in [-0.1, -0.05) is 0 Å². The highest BCUT2D eigenvalue weighted by atomic mass is 19.1. The van der Waals surface area contributed by atoms with Gasteiger partial charge in [-0.25, -0.2) is 9.37 Å². The van der Waals surface area contributed by atoms with Crippen LogP contribution in [0.25, 0.3) is 0 Å². The Kier molecular flexibility index (Phi) is 2.77. The van der Waals surface area contributed by atoms with E-state index in [1.54, 1.807) is 11.9 Å². The number of hydrogen-bond donors (Lipinski definition) is 1. The van der Waals surface area contributed by atoms with Crippen molar-refractivity contribution in [1.82, 2.24) is 9.88 Å². The Labute approximate surface area is 93.3 Å². The second-order valence-corrected chi connectivity index (χ2v) is 4.06. The minimum atomic E-state index is -0.723. The van der Waals surface area contributed by atoms with Crippen LogP contribution in [0.1, 0.15) is 29.6 Å². The molecule has 0 aromatic carbocycles. The van der Waals surface area contributed by atoms with Gasteiger partial charge in [0.05, 0.1) is 5.56 Å². The van der Waals surface area contributed by atoms with Gasteiger partial charge in [0.15, 0.2) is 11.6 Å². The smallest absolute Gasteiger partial charge is 0.257 e. The summed E-state index contributed by atoms with van der Waals surface area (Å²) in [6.45, 7) is 0. The van der Waals surface area contributed by atoms with Crippen molar-refractivity contribution >= 4 is 11.7 Å². The first kappa shape index (κ1) is 10.9. The van der Waals surface area contributed by atoms with E-state index < -0.39 is 5.82 Å². The van der Waals surface area contributed by atoms with Crippen LogP contribution in [0.4, 0.5) is 10.2 Å². The fraction of sp³-hybridized carbons (Fsp3) is 0.455. The molecule has 1 saturated carbocycles. The molecule has 1 fully saturated rings. The van der Waals surface area contributed by atoms with E-state index in [1.165, 1.54) is 12.3 Å². The van der Waals surface area contributed by atoms with Crippen LogP contribution in [0.3, 0.4) is 0 Å². The molecule has 1 aliphatic carbocycles. The van der Waals surface area contributed by atoms with Crippen molar-refractivity contribution in [2.75, 3.05) is 12.8 Å². The number of aromatic nitrogens is 1. The summed E-state index contributed by atoms with van der Waals surface area (Å²) in [6.07, 6.45) is 4.46. The first-order valence-corrected chi connectivity index (χ1v) is 5.28. The quantitative estimate of drug-likeness (QED) is 0.825. The summed E-state index contributed by atoms with van der Waals surface area (Å²) in [5, 5.41) is 0. The highest BCUT2D eigenvalue weighted by Crippen LogP contribution is 2.25. The molecule has 16 heavy (non-hydrogen) atoms. The van der Waals surface area contributed by atoms with Gasteiger partial charge in [-0.05, 0) is 25.3 Å². The molecule has 0 unspecified atom stereocenters. The molecule has 86 valence electrons. The van der Waals surface area contributed by atoms with E-state index in [-0.39, 0.29) is 23.3 Å². The van der Waals surface area contributed by atoms with E-state index in [9.17, 15) is 9.18 Å². The van der Waals surface area contributed by atoms with Gasteiger partial charge < -0.3 is 10.6 Å². The van der Waals surface area contributed by atoms with Gasteiger partial charge in [-0.2, -0.15) is 0 Å². The van der Waals surface area contributed by atoms with Crippen molar-refractivity contribution in [3.8, 4) is 0 Å². The van der Waals surface area contributed by atoms with Crippen LogP contribution in [0.15, 0.2) is 12.3 Å². The molecule has 2 rings (SSSR count). The minimum Gasteiger partial charge on any atom is -0.381 e. The summed E-state index contributed by atoms with van der Waals surface area (Å²) in [5.74, 6) is -1.28. The van der Waals surface area contributed by atoms with Crippen molar-refractivity contribution < 1.29 is 9.18 Å². The summed E-state index contributed by atoms with van der Waals surface area (Å²) in [6, 6.07) is 1.60. The van der Waals surface area contributed by atoms with E-state index in [0.717, 1.165) is 19.3 Å². The number of rotatable bonds is 2.